The van der Waals surface area contributed by atoms with Gasteiger partial charge in [0, 0.05) is 13.1 Å². The Morgan fingerprint density at radius 1 is 1.10 bits per heavy atom. The smallest absolute Gasteiger partial charge is 0.235 e. The highest BCUT2D eigenvalue weighted by Crippen LogP contribution is 2.38. The Balaban J connectivity index is 2.13. The molecule has 1 heterocycles. The lowest BCUT2D eigenvalue weighted by Crippen LogP contribution is -2.54. The maximum Gasteiger partial charge on any atom is 0.235 e. The van der Waals surface area contributed by atoms with Crippen LogP contribution in [0.1, 0.15) is 58.3 Å². The van der Waals surface area contributed by atoms with Gasteiger partial charge in [0.1, 0.15) is 0 Å². The maximum atomic E-state index is 13.0. The van der Waals surface area contributed by atoms with Crippen molar-refractivity contribution in [2.45, 2.75) is 63.9 Å². The lowest BCUT2D eigenvalue weighted by Gasteiger charge is -2.41. The highest BCUT2D eigenvalue weighted by Gasteiger charge is 2.45. The van der Waals surface area contributed by atoms with Crippen LogP contribution in [0.3, 0.4) is 0 Å². The van der Waals surface area contributed by atoms with Crippen LogP contribution in [-0.4, -0.2) is 39.6 Å². The van der Waals surface area contributed by atoms with Gasteiger partial charge >= 0.3 is 0 Å². The predicted molar refractivity (Wildman–Crippen MR) is 83.4 cm³/mol. The van der Waals surface area contributed by atoms with E-state index < -0.39 is 11.0 Å². The van der Waals surface area contributed by atoms with Crippen LogP contribution < -0.4 is 5.73 Å². The number of piperidine rings is 1. The zero-order valence-corrected chi connectivity index (χ0v) is 13.2. The molecule has 3 N–H and O–H groups in total. The van der Waals surface area contributed by atoms with Gasteiger partial charge in [-0.15, -0.1) is 0 Å². The molecule has 5 heteroatoms. The average molecular weight is 298 g/mol. The third kappa shape index (κ3) is 3.14. The zero-order chi connectivity index (χ0) is 14.8. The number of nitrogens with two attached hydrogens (primary N) is 1. The Morgan fingerprint density at radius 3 is 2.05 bits per heavy atom. The van der Waals surface area contributed by atoms with Crippen molar-refractivity contribution in [2.75, 3.05) is 13.1 Å². The molecule has 0 aromatic heterocycles. The molecule has 0 unspecified atom stereocenters. The molecule has 114 valence electrons. The fourth-order valence-corrected chi connectivity index (χ4v) is 3.68. The van der Waals surface area contributed by atoms with E-state index in [2.05, 4.69) is 0 Å². The van der Waals surface area contributed by atoms with E-state index in [0.717, 1.165) is 38.5 Å². The molecule has 4 nitrogen and oxygen atoms in total. The van der Waals surface area contributed by atoms with E-state index in [1.807, 2.05) is 11.8 Å². The zero-order valence-electron chi connectivity index (χ0n) is 12.4. The molecule has 2 fully saturated rings. The molecule has 0 aromatic rings. The van der Waals surface area contributed by atoms with E-state index in [1.54, 1.807) is 0 Å². The van der Waals surface area contributed by atoms with E-state index in [-0.39, 0.29) is 5.91 Å². The van der Waals surface area contributed by atoms with Crippen molar-refractivity contribution in [1.29, 1.82) is 0 Å². The summed E-state index contributed by atoms with van der Waals surface area (Å²) in [4.78, 5) is 15.2. The standard InChI is InChI=1S/C15H26N2O2S/c1-14(19)8-10-17(11-9-14)13(18)15(12(16)20)6-4-2-3-5-7-15/h19H,2-11H2,1H3,(H2,16,20). The molecule has 0 bridgehead atoms. The van der Waals surface area contributed by atoms with E-state index in [9.17, 15) is 9.90 Å². The number of rotatable bonds is 2. The summed E-state index contributed by atoms with van der Waals surface area (Å²) in [5, 5.41) is 10.0. The number of carbonyl (C=O) groups excluding carboxylic acids is 1. The van der Waals surface area contributed by atoms with Crippen molar-refractivity contribution < 1.29 is 9.90 Å². The second-order valence-corrected chi connectivity index (χ2v) is 7.09. The van der Waals surface area contributed by atoms with Crippen LogP contribution >= 0.6 is 12.2 Å². The molecule has 2 aliphatic rings. The summed E-state index contributed by atoms with van der Waals surface area (Å²) in [7, 11) is 0. The first-order chi connectivity index (χ1) is 9.37. The van der Waals surface area contributed by atoms with Crippen LogP contribution in [0.4, 0.5) is 0 Å². The van der Waals surface area contributed by atoms with E-state index >= 15 is 0 Å². The maximum absolute atomic E-state index is 13.0. The predicted octanol–water partition coefficient (Wildman–Crippen LogP) is 1.99. The third-order valence-corrected chi connectivity index (χ3v) is 5.36. The summed E-state index contributed by atoms with van der Waals surface area (Å²) in [6, 6.07) is 0. The van der Waals surface area contributed by atoms with Gasteiger partial charge in [-0.3, -0.25) is 4.79 Å². The number of likely N-dealkylation sites (tertiary alicyclic amines) is 1. The minimum Gasteiger partial charge on any atom is -0.392 e. The van der Waals surface area contributed by atoms with E-state index in [1.165, 1.54) is 0 Å². The molecule has 0 radical (unpaired) electrons. The first kappa shape index (κ1) is 15.7. The lowest BCUT2D eigenvalue weighted by atomic mass is 9.78. The Morgan fingerprint density at radius 2 is 1.60 bits per heavy atom. The van der Waals surface area contributed by atoms with Gasteiger partial charge in [0.25, 0.3) is 0 Å². The summed E-state index contributed by atoms with van der Waals surface area (Å²) in [6.07, 6.45) is 7.20. The van der Waals surface area contributed by atoms with Crippen LogP contribution in [-0.2, 0) is 4.79 Å². The van der Waals surface area contributed by atoms with Gasteiger partial charge in [0.15, 0.2) is 0 Å². The molecule has 1 aliphatic carbocycles. The molecule has 0 spiro atoms. The van der Waals surface area contributed by atoms with Crippen LogP contribution in [0.25, 0.3) is 0 Å². The van der Waals surface area contributed by atoms with Gasteiger partial charge in [-0.05, 0) is 32.6 Å². The second-order valence-electron chi connectivity index (χ2n) is 6.65. The molecule has 0 aromatic carbocycles. The number of hydrogen-bond donors (Lipinski definition) is 2. The van der Waals surface area contributed by atoms with Crippen molar-refractivity contribution in [3.05, 3.63) is 0 Å². The van der Waals surface area contributed by atoms with Crippen LogP contribution in [0.15, 0.2) is 0 Å². The fraction of sp³-hybridized carbons (Fsp3) is 0.867. The van der Waals surface area contributed by atoms with Gasteiger partial charge in [-0.2, -0.15) is 0 Å². The fourth-order valence-electron chi connectivity index (χ4n) is 3.39. The van der Waals surface area contributed by atoms with Crippen molar-refractivity contribution in [3.8, 4) is 0 Å². The number of carbonyl (C=O) groups is 1. The Kier molecular flexibility index (Phi) is 4.69. The molecule has 20 heavy (non-hydrogen) atoms. The number of hydrogen-bond acceptors (Lipinski definition) is 3. The minimum absolute atomic E-state index is 0.0994. The average Bonchev–Trinajstić information content (AvgIpc) is 2.64. The molecular formula is C15H26N2O2S. The monoisotopic (exact) mass is 298 g/mol. The Labute approximate surface area is 126 Å². The van der Waals surface area contributed by atoms with E-state index in [4.69, 9.17) is 18.0 Å². The quantitative estimate of drug-likeness (QED) is 0.604. The lowest BCUT2D eigenvalue weighted by molar-refractivity contribution is -0.142. The van der Waals surface area contributed by atoms with Crippen LogP contribution in [0.2, 0.25) is 0 Å². The second kappa shape index (κ2) is 5.98. The number of aliphatic hydroxyl groups is 1. The van der Waals surface area contributed by atoms with Gasteiger partial charge in [0.2, 0.25) is 5.91 Å². The van der Waals surface area contributed by atoms with Gasteiger partial charge in [-0.25, -0.2) is 0 Å². The minimum atomic E-state index is -0.642. The first-order valence-corrected chi connectivity index (χ1v) is 8.10. The van der Waals surface area contributed by atoms with Crippen LogP contribution in [0, 0.1) is 5.41 Å². The Bertz CT molecular complexity index is 377. The molecular weight excluding hydrogens is 272 g/mol. The van der Waals surface area contributed by atoms with Gasteiger partial charge in [0.05, 0.1) is 16.0 Å². The molecule has 1 aliphatic heterocycles. The summed E-state index contributed by atoms with van der Waals surface area (Å²) in [6.45, 7) is 3.05. The molecule has 1 amide bonds. The van der Waals surface area contributed by atoms with Crippen LogP contribution in [0.5, 0.6) is 0 Å². The highest BCUT2D eigenvalue weighted by molar-refractivity contribution is 7.80. The van der Waals surface area contributed by atoms with Crippen molar-refractivity contribution >= 4 is 23.1 Å². The summed E-state index contributed by atoms with van der Waals surface area (Å²) in [5.74, 6) is 0.0994. The highest BCUT2D eigenvalue weighted by atomic mass is 32.1. The largest absolute Gasteiger partial charge is 0.392 e. The number of thiocarbonyl (C=S) groups is 1. The normalized spacial score (nSPS) is 25.8. The number of amides is 1. The number of nitrogens with zero attached hydrogens (tertiary/aromatic N) is 1. The first-order valence-electron chi connectivity index (χ1n) is 7.69. The molecule has 0 atom stereocenters. The van der Waals surface area contributed by atoms with Crippen molar-refractivity contribution in [2.24, 2.45) is 11.1 Å². The van der Waals surface area contributed by atoms with Crippen molar-refractivity contribution in [3.63, 3.8) is 0 Å². The molecule has 1 saturated heterocycles. The molecule has 1 saturated carbocycles. The topological polar surface area (TPSA) is 66.6 Å². The third-order valence-electron chi connectivity index (χ3n) is 4.97. The summed E-state index contributed by atoms with van der Waals surface area (Å²) in [5.41, 5.74) is 4.69. The van der Waals surface area contributed by atoms with Gasteiger partial charge in [-0.1, -0.05) is 37.9 Å². The van der Waals surface area contributed by atoms with Crippen molar-refractivity contribution in [1.82, 2.24) is 4.90 Å². The molecule has 2 rings (SSSR count). The Hall–Kier alpha value is -0.680. The summed E-state index contributed by atoms with van der Waals surface area (Å²) >= 11 is 5.26. The van der Waals surface area contributed by atoms with Gasteiger partial charge < -0.3 is 15.7 Å². The summed E-state index contributed by atoms with van der Waals surface area (Å²) < 4.78 is 0. The SMILES string of the molecule is CC1(O)CCN(C(=O)C2(C(N)=S)CCCCCC2)CC1. The van der Waals surface area contributed by atoms with E-state index in [0.29, 0.717) is 30.9 Å².